The molecule has 0 saturated heterocycles. The summed E-state index contributed by atoms with van der Waals surface area (Å²) < 4.78 is 3.86. The molecule has 0 bridgehead atoms. The van der Waals surface area contributed by atoms with Crippen LogP contribution in [0.2, 0.25) is 0 Å². The lowest BCUT2D eigenvalue weighted by atomic mass is 10.1. The van der Waals surface area contributed by atoms with Gasteiger partial charge in [-0.3, -0.25) is 9.59 Å². The maximum atomic E-state index is 11.9. The number of carbonyl (C=O) groups excluding carboxylic acids is 2. The number of hydrogen-bond acceptors (Lipinski definition) is 3. The molecule has 0 spiro atoms. The van der Waals surface area contributed by atoms with Crippen molar-refractivity contribution >= 4 is 12.4 Å². The number of amides is 1. The van der Waals surface area contributed by atoms with Crippen LogP contribution in [-0.2, 0) is 9.53 Å². The number of allylic oxidation sites excluding steroid dienone is 1. The summed E-state index contributed by atoms with van der Waals surface area (Å²) in [5.41, 5.74) is 2.47. The van der Waals surface area contributed by atoms with Crippen molar-refractivity contribution < 1.29 is 14.3 Å². The zero-order valence-electron chi connectivity index (χ0n) is 11.3. The van der Waals surface area contributed by atoms with Gasteiger partial charge in [-0.2, -0.15) is 0 Å². The van der Waals surface area contributed by atoms with E-state index in [1.807, 2.05) is 38.1 Å². The smallest absolute Gasteiger partial charge is 0.292 e. The first-order chi connectivity index (χ1) is 8.45. The average molecular weight is 249 g/mol. The first kappa shape index (κ1) is 15.9. The van der Waals surface area contributed by atoms with Gasteiger partial charge < -0.3 is 9.64 Å². The van der Waals surface area contributed by atoms with Crippen LogP contribution in [0.5, 0.6) is 0 Å². The lowest BCUT2D eigenvalue weighted by Gasteiger charge is -2.17. The fourth-order valence-electron chi connectivity index (χ4n) is 1.17. The molecule has 4 nitrogen and oxygen atoms in total. The minimum Gasteiger partial charge on any atom is -0.471 e. The highest BCUT2D eigenvalue weighted by atomic mass is 16.5. The van der Waals surface area contributed by atoms with E-state index in [0.29, 0.717) is 6.47 Å². The quantitative estimate of drug-likeness (QED) is 0.773. The molecule has 1 rings (SSSR count). The van der Waals surface area contributed by atoms with E-state index < -0.39 is 0 Å². The first-order valence-electron chi connectivity index (χ1n) is 5.41. The summed E-state index contributed by atoms with van der Waals surface area (Å²) in [6.07, 6.45) is 0. The molecule has 1 aromatic carbocycles. The Kier molecular flexibility index (Phi) is 7.12. The van der Waals surface area contributed by atoms with Gasteiger partial charge in [0.2, 0.25) is 0 Å². The highest BCUT2D eigenvalue weighted by Crippen LogP contribution is 2.11. The molecule has 0 fully saturated rings. The van der Waals surface area contributed by atoms with Crippen molar-refractivity contribution in [1.82, 2.24) is 4.90 Å². The van der Waals surface area contributed by atoms with Gasteiger partial charge in [-0.25, -0.2) is 0 Å². The van der Waals surface area contributed by atoms with Crippen LogP contribution >= 0.6 is 0 Å². The van der Waals surface area contributed by atoms with Crippen molar-refractivity contribution in [3.8, 4) is 0 Å². The van der Waals surface area contributed by atoms with E-state index in [2.05, 4.69) is 11.3 Å². The van der Waals surface area contributed by atoms with E-state index in [4.69, 9.17) is 4.79 Å². The molecule has 0 aliphatic rings. The lowest BCUT2D eigenvalue weighted by molar-refractivity contribution is -0.126. The van der Waals surface area contributed by atoms with Gasteiger partial charge in [0.15, 0.2) is 0 Å². The Morgan fingerprint density at radius 1 is 1.39 bits per heavy atom. The summed E-state index contributed by atoms with van der Waals surface area (Å²) in [7, 11) is 3.05. The monoisotopic (exact) mass is 249 g/mol. The third-order valence-electron chi connectivity index (χ3n) is 2.35. The Bertz CT molecular complexity index is 427. The Balaban J connectivity index is 0.000000631. The summed E-state index contributed by atoms with van der Waals surface area (Å²) in [6, 6.07) is 7.55. The Labute approximate surface area is 108 Å². The second kappa shape index (κ2) is 8.06. The van der Waals surface area contributed by atoms with Crippen molar-refractivity contribution in [2.45, 2.75) is 13.8 Å². The summed E-state index contributed by atoms with van der Waals surface area (Å²) >= 11 is 0. The second-order valence-corrected chi connectivity index (χ2v) is 3.75. The fourth-order valence-corrected chi connectivity index (χ4v) is 1.17. The average Bonchev–Trinajstić information content (AvgIpc) is 2.37. The Morgan fingerprint density at radius 2 is 1.89 bits per heavy atom. The first-order valence-corrected chi connectivity index (χ1v) is 5.41. The molecule has 1 amide bonds. The molecule has 0 saturated carbocycles. The topological polar surface area (TPSA) is 46.6 Å². The van der Waals surface area contributed by atoms with E-state index in [1.54, 1.807) is 11.9 Å². The fraction of sp³-hybridized carbons (Fsp3) is 0.286. The standard InChI is InChI=1S/C12H15NO.C2H4O2/c1-9(2)13(4)12(14)11-8-6-5-7-10(11)3;1-4-2-3/h5-8H,1H2,2-4H3;2H,1H3. The highest BCUT2D eigenvalue weighted by molar-refractivity contribution is 5.96. The van der Waals surface area contributed by atoms with Gasteiger partial charge in [0.25, 0.3) is 12.4 Å². The van der Waals surface area contributed by atoms with Gasteiger partial charge >= 0.3 is 0 Å². The van der Waals surface area contributed by atoms with Crippen LogP contribution in [0.4, 0.5) is 0 Å². The predicted octanol–water partition coefficient (Wildman–Crippen LogP) is 2.39. The number of hydrogen-bond donors (Lipinski definition) is 0. The molecule has 0 unspecified atom stereocenters. The predicted molar refractivity (Wildman–Crippen MR) is 71.2 cm³/mol. The molecular formula is C14H19NO3. The molecule has 0 aliphatic heterocycles. The summed E-state index contributed by atoms with van der Waals surface area (Å²) in [4.78, 5) is 22.4. The van der Waals surface area contributed by atoms with Gasteiger partial charge in [-0.1, -0.05) is 24.8 Å². The molecule has 0 heterocycles. The van der Waals surface area contributed by atoms with Crippen LogP contribution < -0.4 is 0 Å². The normalized spacial score (nSPS) is 8.67. The number of methoxy groups -OCH3 is 1. The molecule has 0 N–H and O–H groups in total. The Hall–Kier alpha value is -2.10. The van der Waals surface area contributed by atoms with E-state index in [-0.39, 0.29) is 5.91 Å². The lowest BCUT2D eigenvalue weighted by Crippen LogP contribution is -2.24. The molecule has 18 heavy (non-hydrogen) atoms. The molecule has 0 aromatic heterocycles. The van der Waals surface area contributed by atoms with E-state index >= 15 is 0 Å². The number of nitrogens with zero attached hydrogens (tertiary/aromatic N) is 1. The third-order valence-corrected chi connectivity index (χ3v) is 2.35. The highest BCUT2D eigenvalue weighted by Gasteiger charge is 2.13. The van der Waals surface area contributed by atoms with Crippen molar-refractivity contribution in [2.75, 3.05) is 14.2 Å². The van der Waals surface area contributed by atoms with Crippen molar-refractivity contribution in [3.05, 3.63) is 47.7 Å². The SMILES string of the molecule is C=C(C)N(C)C(=O)c1ccccc1C.COC=O. The van der Waals surface area contributed by atoms with Crippen molar-refractivity contribution in [1.29, 1.82) is 0 Å². The van der Waals surface area contributed by atoms with Crippen molar-refractivity contribution in [2.24, 2.45) is 0 Å². The maximum absolute atomic E-state index is 11.9. The van der Waals surface area contributed by atoms with Gasteiger partial charge in [0, 0.05) is 18.3 Å². The Morgan fingerprint density at radius 3 is 2.28 bits per heavy atom. The minimum absolute atomic E-state index is 0.00407. The van der Waals surface area contributed by atoms with Crippen LogP contribution in [-0.4, -0.2) is 31.4 Å². The number of carbonyl (C=O) groups is 2. The summed E-state index contributed by atoms with van der Waals surface area (Å²) in [5.74, 6) is -0.00407. The number of benzene rings is 1. The van der Waals surface area contributed by atoms with Gasteiger partial charge in [0.05, 0.1) is 7.11 Å². The second-order valence-electron chi connectivity index (χ2n) is 3.75. The number of ether oxygens (including phenoxy) is 1. The zero-order chi connectivity index (χ0) is 14.1. The van der Waals surface area contributed by atoms with Crippen LogP contribution in [0.1, 0.15) is 22.8 Å². The van der Waals surface area contributed by atoms with Crippen LogP contribution in [0, 0.1) is 6.92 Å². The number of aryl methyl sites for hydroxylation is 1. The van der Waals surface area contributed by atoms with Gasteiger partial charge in [-0.15, -0.1) is 0 Å². The van der Waals surface area contributed by atoms with Crippen LogP contribution in [0.15, 0.2) is 36.5 Å². The molecule has 4 heteroatoms. The largest absolute Gasteiger partial charge is 0.471 e. The van der Waals surface area contributed by atoms with E-state index in [9.17, 15) is 4.79 Å². The van der Waals surface area contributed by atoms with Crippen molar-refractivity contribution in [3.63, 3.8) is 0 Å². The van der Waals surface area contributed by atoms with E-state index in [1.165, 1.54) is 7.11 Å². The molecular weight excluding hydrogens is 230 g/mol. The molecule has 0 aliphatic carbocycles. The summed E-state index contributed by atoms with van der Waals surface area (Å²) in [6.45, 7) is 7.86. The third kappa shape index (κ3) is 4.82. The summed E-state index contributed by atoms with van der Waals surface area (Å²) in [5, 5.41) is 0. The molecule has 1 aromatic rings. The number of rotatable bonds is 3. The molecule has 0 radical (unpaired) electrons. The zero-order valence-corrected chi connectivity index (χ0v) is 11.3. The van der Waals surface area contributed by atoms with Gasteiger partial charge in [-0.05, 0) is 25.5 Å². The van der Waals surface area contributed by atoms with E-state index in [0.717, 1.165) is 16.8 Å². The van der Waals surface area contributed by atoms with Crippen LogP contribution in [0.25, 0.3) is 0 Å². The minimum atomic E-state index is -0.00407. The molecule has 0 atom stereocenters. The maximum Gasteiger partial charge on any atom is 0.292 e. The van der Waals surface area contributed by atoms with Crippen LogP contribution in [0.3, 0.4) is 0 Å². The van der Waals surface area contributed by atoms with Gasteiger partial charge in [0.1, 0.15) is 0 Å². The molecule has 98 valence electrons.